The maximum atomic E-state index is 13.5. The lowest BCUT2D eigenvalue weighted by molar-refractivity contribution is -0.121. The van der Waals surface area contributed by atoms with Crippen LogP contribution in [0.1, 0.15) is 17.7 Å². The molecule has 1 heterocycles. The minimum Gasteiger partial charge on any atom is -0.487 e. The summed E-state index contributed by atoms with van der Waals surface area (Å²) in [4.78, 5) is 12.0. The minimum absolute atomic E-state index is 0.0205. The van der Waals surface area contributed by atoms with Crippen LogP contribution in [0.3, 0.4) is 0 Å². The van der Waals surface area contributed by atoms with Crippen LogP contribution < -0.4 is 10.1 Å². The first-order valence-electron chi connectivity index (χ1n) is 8.87. The zero-order valence-corrected chi connectivity index (χ0v) is 15.1. The van der Waals surface area contributed by atoms with Gasteiger partial charge in [0.05, 0.1) is 6.20 Å². The number of halogens is 2. The highest BCUT2D eigenvalue weighted by atomic mass is 19.1. The molecule has 0 fully saturated rings. The molecule has 2 aromatic carbocycles. The molecule has 0 aliphatic rings. The zero-order chi connectivity index (χ0) is 19.8. The van der Waals surface area contributed by atoms with Gasteiger partial charge in [0.25, 0.3) is 0 Å². The smallest absolute Gasteiger partial charge is 0.241 e. The fourth-order valence-electron chi connectivity index (χ4n) is 2.61. The second-order valence-electron chi connectivity index (χ2n) is 6.20. The number of nitrogens with zero attached hydrogens (tertiary/aromatic N) is 3. The van der Waals surface area contributed by atoms with Gasteiger partial charge >= 0.3 is 0 Å². The lowest BCUT2D eigenvalue weighted by Crippen LogP contribution is -2.29. The van der Waals surface area contributed by atoms with Crippen LogP contribution in [0.5, 0.6) is 5.75 Å². The largest absolute Gasteiger partial charge is 0.487 e. The minimum atomic E-state index is -0.382. The predicted octanol–water partition coefficient (Wildman–Crippen LogP) is 2.88. The van der Waals surface area contributed by atoms with E-state index in [4.69, 9.17) is 4.74 Å². The average Bonchev–Trinajstić information content (AvgIpc) is 3.12. The molecule has 0 atom stereocenters. The predicted molar refractivity (Wildman–Crippen MR) is 98.5 cm³/mol. The normalized spacial score (nSPS) is 10.6. The highest BCUT2D eigenvalue weighted by Gasteiger charge is 2.07. The van der Waals surface area contributed by atoms with E-state index < -0.39 is 0 Å². The van der Waals surface area contributed by atoms with Crippen molar-refractivity contribution in [3.63, 3.8) is 0 Å². The maximum Gasteiger partial charge on any atom is 0.241 e. The molecule has 8 heteroatoms. The molecule has 3 rings (SSSR count). The molecular formula is C20H20F2N4O2. The number of aryl methyl sites for hydroxylation is 1. The zero-order valence-electron chi connectivity index (χ0n) is 15.1. The van der Waals surface area contributed by atoms with Gasteiger partial charge in [0.2, 0.25) is 5.91 Å². The topological polar surface area (TPSA) is 69.0 Å². The molecule has 0 saturated carbocycles. The molecule has 1 N–H and O–H groups in total. The van der Waals surface area contributed by atoms with Gasteiger partial charge in [0, 0.05) is 12.6 Å². The van der Waals surface area contributed by atoms with Crippen molar-refractivity contribution >= 4 is 5.91 Å². The van der Waals surface area contributed by atoms with Crippen LogP contribution in [0, 0.1) is 11.6 Å². The molecule has 0 aliphatic carbocycles. The van der Waals surface area contributed by atoms with Crippen molar-refractivity contribution in [3.05, 3.63) is 77.6 Å². The number of benzene rings is 2. The number of aromatic nitrogens is 3. The monoisotopic (exact) mass is 386 g/mol. The maximum absolute atomic E-state index is 13.5. The van der Waals surface area contributed by atoms with Crippen molar-refractivity contribution in [2.24, 2.45) is 0 Å². The summed E-state index contributed by atoms with van der Waals surface area (Å²) in [5.74, 6) is -0.435. The Kier molecular flexibility index (Phi) is 6.67. The number of carbonyl (C=O) groups excluding carboxylic acids is 1. The number of carbonyl (C=O) groups is 1. The number of rotatable bonds is 9. The first-order chi connectivity index (χ1) is 13.6. The van der Waals surface area contributed by atoms with Gasteiger partial charge in [-0.05, 0) is 36.6 Å². The van der Waals surface area contributed by atoms with E-state index in [9.17, 15) is 13.6 Å². The Morgan fingerprint density at radius 1 is 1.14 bits per heavy atom. The fraction of sp³-hybridized carbons (Fsp3) is 0.250. The van der Waals surface area contributed by atoms with Crippen molar-refractivity contribution in [2.45, 2.75) is 26.0 Å². The molecule has 0 aliphatic heterocycles. The van der Waals surface area contributed by atoms with Crippen LogP contribution in [-0.4, -0.2) is 27.4 Å². The Labute approximate surface area is 161 Å². The lowest BCUT2D eigenvalue weighted by atomic mass is 10.1. The number of ether oxygens (including phenoxy) is 1. The molecular weight excluding hydrogens is 366 g/mol. The SMILES string of the molecule is O=C(Cn1cc(COc2cccc(F)c2)nn1)NCCCc1ccccc1F. The summed E-state index contributed by atoms with van der Waals surface area (Å²) >= 11 is 0. The van der Waals surface area contributed by atoms with Crippen LogP contribution in [0.15, 0.2) is 54.7 Å². The van der Waals surface area contributed by atoms with E-state index in [-0.39, 0.29) is 30.7 Å². The third-order valence-electron chi connectivity index (χ3n) is 3.98. The van der Waals surface area contributed by atoms with E-state index in [2.05, 4.69) is 15.6 Å². The second kappa shape index (κ2) is 9.59. The van der Waals surface area contributed by atoms with E-state index in [0.29, 0.717) is 36.4 Å². The summed E-state index contributed by atoms with van der Waals surface area (Å²) in [5.41, 5.74) is 1.16. The fourth-order valence-corrected chi connectivity index (χ4v) is 2.61. The molecule has 0 radical (unpaired) electrons. The van der Waals surface area contributed by atoms with E-state index in [1.165, 1.54) is 22.9 Å². The Morgan fingerprint density at radius 2 is 2.00 bits per heavy atom. The van der Waals surface area contributed by atoms with Gasteiger partial charge in [-0.2, -0.15) is 0 Å². The van der Waals surface area contributed by atoms with Crippen molar-refractivity contribution in [1.29, 1.82) is 0 Å². The highest BCUT2D eigenvalue weighted by Crippen LogP contribution is 2.13. The summed E-state index contributed by atoms with van der Waals surface area (Å²) in [6.45, 7) is 0.581. The summed E-state index contributed by atoms with van der Waals surface area (Å²) in [5, 5.41) is 10.6. The van der Waals surface area contributed by atoms with E-state index in [0.717, 1.165) is 0 Å². The molecule has 0 saturated heterocycles. The van der Waals surface area contributed by atoms with Gasteiger partial charge < -0.3 is 10.1 Å². The van der Waals surface area contributed by atoms with Gasteiger partial charge in [-0.15, -0.1) is 5.10 Å². The molecule has 1 aromatic heterocycles. The molecule has 3 aromatic rings. The van der Waals surface area contributed by atoms with E-state index >= 15 is 0 Å². The van der Waals surface area contributed by atoms with Crippen LogP contribution in [-0.2, 0) is 24.4 Å². The molecule has 146 valence electrons. The molecule has 0 unspecified atom stereocenters. The standard InChI is InChI=1S/C20H20F2N4O2/c21-16-7-3-8-18(11-16)28-14-17-12-26(25-24-17)13-20(27)23-10-4-6-15-5-1-2-9-19(15)22/h1-3,5,7-9,11-12H,4,6,10,13-14H2,(H,23,27). The first kappa shape index (κ1) is 19.5. The van der Waals surface area contributed by atoms with Crippen LogP contribution in [0.2, 0.25) is 0 Å². The van der Waals surface area contributed by atoms with Gasteiger partial charge in [-0.25, -0.2) is 13.5 Å². The molecule has 0 spiro atoms. The van der Waals surface area contributed by atoms with E-state index in [1.54, 1.807) is 36.5 Å². The lowest BCUT2D eigenvalue weighted by Gasteiger charge is -2.06. The quantitative estimate of drug-likeness (QED) is 0.574. The summed E-state index contributed by atoms with van der Waals surface area (Å²) in [7, 11) is 0. The van der Waals surface area contributed by atoms with Crippen molar-refractivity contribution in [2.75, 3.05) is 6.54 Å². The Balaban J connectivity index is 1.38. The summed E-state index contributed by atoms with van der Waals surface area (Å²) in [6, 6.07) is 12.4. The van der Waals surface area contributed by atoms with E-state index in [1.807, 2.05) is 0 Å². The van der Waals surface area contributed by atoms with Gasteiger partial charge in [0.15, 0.2) is 0 Å². The second-order valence-corrected chi connectivity index (χ2v) is 6.20. The molecule has 1 amide bonds. The first-order valence-corrected chi connectivity index (χ1v) is 8.87. The number of nitrogens with one attached hydrogen (secondary N) is 1. The van der Waals surface area contributed by atoms with Crippen molar-refractivity contribution in [1.82, 2.24) is 20.3 Å². The summed E-state index contributed by atoms with van der Waals surface area (Å²) in [6.07, 6.45) is 2.78. The third-order valence-corrected chi connectivity index (χ3v) is 3.98. The molecule has 28 heavy (non-hydrogen) atoms. The average molecular weight is 386 g/mol. The Morgan fingerprint density at radius 3 is 2.82 bits per heavy atom. The van der Waals surface area contributed by atoms with Crippen LogP contribution in [0.25, 0.3) is 0 Å². The third kappa shape index (κ3) is 5.87. The van der Waals surface area contributed by atoms with Crippen LogP contribution in [0.4, 0.5) is 8.78 Å². The Bertz CT molecular complexity index is 930. The van der Waals surface area contributed by atoms with Gasteiger partial charge in [-0.3, -0.25) is 4.79 Å². The number of amides is 1. The van der Waals surface area contributed by atoms with Crippen LogP contribution >= 0.6 is 0 Å². The highest BCUT2D eigenvalue weighted by molar-refractivity contribution is 5.75. The molecule has 6 nitrogen and oxygen atoms in total. The van der Waals surface area contributed by atoms with Crippen molar-refractivity contribution in [3.8, 4) is 5.75 Å². The Hall–Kier alpha value is -3.29. The van der Waals surface area contributed by atoms with Gasteiger partial charge in [0.1, 0.15) is 36.2 Å². The number of hydrogen-bond acceptors (Lipinski definition) is 4. The molecule has 0 bridgehead atoms. The summed E-state index contributed by atoms with van der Waals surface area (Å²) < 4.78 is 33.5. The van der Waals surface area contributed by atoms with Crippen molar-refractivity contribution < 1.29 is 18.3 Å². The number of hydrogen-bond donors (Lipinski definition) is 1. The van der Waals surface area contributed by atoms with Gasteiger partial charge in [-0.1, -0.05) is 29.5 Å².